The van der Waals surface area contributed by atoms with Crippen LogP contribution in [0.4, 0.5) is 0 Å². The van der Waals surface area contributed by atoms with Gasteiger partial charge >= 0.3 is 0 Å². The molecule has 1 aliphatic heterocycles. The third-order valence-electron chi connectivity index (χ3n) is 4.56. The number of nitrogens with zero attached hydrogens (tertiary/aromatic N) is 1. The van der Waals surface area contributed by atoms with Crippen molar-refractivity contribution < 1.29 is 9.47 Å². The molecule has 2 aromatic carbocycles. The highest BCUT2D eigenvalue weighted by Gasteiger charge is 2.13. The third kappa shape index (κ3) is 4.89. The molecule has 3 nitrogen and oxygen atoms in total. The molecule has 0 atom stereocenters. The van der Waals surface area contributed by atoms with Crippen molar-refractivity contribution in [2.75, 3.05) is 26.8 Å². The molecule has 1 aliphatic rings. The van der Waals surface area contributed by atoms with Crippen molar-refractivity contribution >= 4 is 6.08 Å². The molecule has 0 aliphatic carbocycles. The van der Waals surface area contributed by atoms with E-state index in [9.17, 15) is 0 Å². The van der Waals surface area contributed by atoms with Gasteiger partial charge in [-0.15, -0.1) is 0 Å². The summed E-state index contributed by atoms with van der Waals surface area (Å²) in [4.78, 5) is 2.28. The van der Waals surface area contributed by atoms with Crippen LogP contribution in [0.2, 0.25) is 0 Å². The van der Waals surface area contributed by atoms with Crippen molar-refractivity contribution in [3.63, 3.8) is 0 Å². The van der Waals surface area contributed by atoms with E-state index in [2.05, 4.69) is 81.3 Å². The predicted molar refractivity (Wildman–Crippen MR) is 108 cm³/mol. The first kappa shape index (κ1) is 18.5. The first-order valence-electron chi connectivity index (χ1n) is 9.26. The van der Waals surface area contributed by atoms with Crippen molar-refractivity contribution in [2.24, 2.45) is 0 Å². The summed E-state index contributed by atoms with van der Waals surface area (Å²) < 4.78 is 11.2. The molecular formula is C23H29NO2. The number of hydrogen-bond acceptors (Lipinski definition) is 3. The molecule has 0 fully saturated rings. The van der Waals surface area contributed by atoms with Crippen LogP contribution >= 0.6 is 0 Å². The lowest BCUT2D eigenvalue weighted by Gasteiger charge is -2.20. The number of hydrogen-bond donors (Lipinski definition) is 0. The summed E-state index contributed by atoms with van der Waals surface area (Å²) in [6.07, 6.45) is 4.40. The van der Waals surface area contributed by atoms with Crippen molar-refractivity contribution in [2.45, 2.75) is 32.7 Å². The second kappa shape index (κ2) is 7.96. The molecule has 0 unspecified atom stereocenters. The Bertz CT molecular complexity index is 757. The largest absolute Gasteiger partial charge is 0.486 e. The van der Waals surface area contributed by atoms with E-state index < -0.39 is 0 Å². The van der Waals surface area contributed by atoms with E-state index in [0.717, 1.165) is 24.6 Å². The molecule has 1 heterocycles. The number of benzene rings is 2. The predicted octanol–water partition coefficient (Wildman–Crippen LogP) is 4.90. The Hall–Kier alpha value is -2.26. The van der Waals surface area contributed by atoms with Gasteiger partial charge in [-0.05, 0) is 41.3 Å². The van der Waals surface area contributed by atoms with Gasteiger partial charge < -0.3 is 9.47 Å². The molecule has 3 rings (SSSR count). The lowest BCUT2D eigenvalue weighted by Crippen LogP contribution is -2.19. The lowest BCUT2D eigenvalue weighted by atomic mass is 9.87. The van der Waals surface area contributed by atoms with Gasteiger partial charge in [-0.3, -0.25) is 4.90 Å². The fourth-order valence-corrected chi connectivity index (χ4v) is 3.03. The summed E-state index contributed by atoms with van der Waals surface area (Å²) in [6.45, 7) is 9.76. The SMILES string of the molecule is CN(C/C=C/c1ccc(C(C)(C)C)cc1)Cc1ccc2c(c1)OCCO2. The van der Waals surface area contributed by atoms with Gasteiger partial charge in [-0.2, -0.15) is 0 Å². The monoisotopic (exact) mass is 351 g/mol. The van der Waals surface area contributed by atoms with Crippen molar-refractivity contribution in [3.8, 4) is 11.5 Å². The van der Waals surface area contributed by atoms with Gasteiger partial charge in [0.05, 0.1) is 0 Å². The number of ether oxygens (including phenoxy) is 2. The van der Waals surface area contributed by atoms with Gasteiger partial charge in [0.15, 0.2) is 11.5 Å². The molecule has 0 aromatic heterocycles. The van der Waals surface area contributed by atoms with Gasteiger partial charge in [0.1, 0.15) is 13.2 Å². The van der Waals surface area contributed by atoms with E-state index in [1.54, 1.807) is 0 Å². The van der Waals surface area contributed by atoms with Gasteiger partial charge in [0.2, 0.25) is 0 Å². The molecule has 2 aromatic rings. The molecule has 0 N–H and O–H groups in total. The highest BCUT2D eigenvalue weighted by atomic mass is 16.6. The molecule has 0 bridgehead atoms. The van der Waals surface area contributed by atoms with Gasteiger partial charge in [0.25, 0.3) is 0 Å². The molecule has 26 heavy (non-hydrogen) atoms. The Morgan fingerprint density at radius 3 is 2.35 bits per heavy atom. The van der Waals surface area contributed by atoms with E-state index >= 15 is 0 Å². The Balaban J connectivity index is 1.53. The minimum absolute atomic E-state index is 0.200. The lowest BCUT2D eigenvalue weighted by molar-refractivity contribution is 0.171. The summed E-state index contributed by atoms with van der Waals surface area (Å²) in [7, 11) is 2.13. The molecule has 0 saturated heterocycles. The zero-order chi connectivity index (χ0) is 18.6. The summed E-state index contributed by atoms with van der Waals surface area (Å²) in [5.74, 6) is 1.71. The standard InChI is InChI=1S/C23H29NO2/c1-23(2,3)20-10-7-18(8-11-20)6-5-13-24(4)17-19-9-12-21-22(16-19)26-15-14-25-21/h5-12,16H,13-15,17H2,1-4H3/b6-5+. The van der Waals surface area contributed by atoms with Crippen molar-refractivity contribution in [3.05, 3.63) is 65.2 Å². The summed E-state index contributed by atoms with van der Waals surface area (Å²) in [5, 5.41) is 0. The van der Waals surface area contributed by atoms with Crippen LogP contribution in [0.25, 0.3) is 6.08 Å². The second-order valence-electron chi connectivity index (χ2n) is 7.95. The Morgan fingerprint density at radius 2 is 1.65 bits per heavy atom. The number of rotatable bonds is 5. The second-order valence-corrected chi connectivity index (χ2v) is 7.95. The molecule has 0 spiro atoms. The van der Waals surface area contributed by atoms with E-state index in [0.29, 0.717) is 13.2 Å². The van der Waals surface area contributed by atoms with E-state index in [4.69, 9.17) is 9.47 Å². The maximum Gasteiger partial charge on any atom is 0.161 e. The fourth-order valence-electron chi connectivity index (χ4n) is 3.03. The molecule has 138 valence electrons. The van der Waals surface area contributed by atoms with Gasteiger partial charge in [0, 0.05) is 13.1 Å². The van der Waals surface area contributed by atoms with E-state index in [1.807, 2.05) is 6.07 Å². The normalized spacial score (nSPS) is 14.2. The van der Waals surface area contributed by atoms with Crippen LogP contribution in [0.3, 0.4) is 0 Å². The topological polar surface area (TPSA) is 21.7 Å². The molecule has 0 radical (unpaired) electrons. The molecule has 0 saturated carbocycles. The van der Waals surface area contributed by atoms with Gasteiger partial charge in [-0.1, -0.05) is 63.3 Å². The maximum atomic E-state index is 5.66. The first-order valence-corrected chi connectivity index (χ1v) is 9.26. The van der Waals surface area contributed by atoms with Crippen LogP contribution in [0, 0.1) is 0 Å². The number of fused-ring (bicyclic) bond motifs is 1. The van der Waals surface area contributed by atoms with Crippen LogP contribution < -0.4 is 9.47 Å². The van der Waals surface area contributed by atoms with Crippen LogP contribution in [-0.4, -0.2) is 31.7 Å². The number of likely N-dealkylation sites (N-methyl/N-ethyl adjacent to an activating group) is 1. The van der Waals surface area contributed by atoms with Crippen molar-refractivity contribution in [1.29, 1.82) is 0 Å². The summed E-state index contributed by atoms with van der Waals surface area (Å²) >= 11 is 0. The Labute approximate surface area is 157 Å². The zero-order valence-electron chi connectivity index (χ0n) is 16.3. The maximum absolute atomic E-state index is 5.66. The minimum atomic E-state index is 0.200. The van der Waals surface area contributed by atoms with Crippen LogP contribution in [0.5, 0.6) is 11.5 Å². The zero-order valence-corrected chi connectivity index (χ0v) is 16.3. The highest BCUT2D eigenvalue weighted by Crippen LogP contribution is 2.31. The van der Waals surface area contributed by atoms with Crippen LogP contribution in [-0.2, 0) is 12.0 Å². The smallest absolute Gasteiger partial charge is 0.161 e. The first-order chi connectivity index (χ1) is 12.4. The van der Waals surface area contributed by atoms with Gasteiger partial charge in [-0.25, -0.2) is 0 Å². The van der Waals surface area contributed by atoms with Crippen LogP contribution in [0.15, 0.2) is 48.5 Å². The molecular weight excluding hydrogens is 322 g/mol. The Kier molecular flexibility index (Phi) is 5.67. The average Bonchev–Trinajstić information content (AvgIpc) is 2.61. The quantitative estimate of drug-likeness (QED) is 0.765. The summed E-state index contributed by atoms with van der Waals surface area (Å²) in [6, 6.07) is 15.0. The fraction of sp³-hybridized carbons (Fsp3) is 0.391. The average molecular weight is 351 g/mol. The van der Waals surface area contributed by atoms with Crippen LogP contribution in [0.1, 0.15) is 37.5 Å². The Morgan fingerprint density at radius 1 is 0.962 bits per heavy atom. The molecule has 0 amide bonds. The van der Waals surface area contributed by atoms with E-state index in [-0.39, 0.29) is 5.41 Å². The summed E-state index contributed by atoms with van der Waals surface area (Å²) in [5.41, 5.74) is 4.04. The minimum Gasteiger partial charge on any atom is -0.486 e. The van der Waals surface area contributed by atoms with Crippen molar-refractivity contribution in [1.82, 2.24) is 4.90 Å². The van der Waals surface area contributed by atoms with E-state index in [1.165, 1.54) is 16.7 Å². The highest BCUT2D eigenvalue weighted by molar-refractivity contribution is 5.50. The molecule has 3 heteroatoms. The third-order valence-corrected chi connectivity index (χ3v) is 4.56.